The summed E-state index contributed by atoms with van der Waals surface area (Å²) < 4.78 is 13.2. The second-order valence-electron chi connectivity index (χ2n) is 6.66. The third kappa shape index (κ3) is 3.23. The molecule has 0 radical (unpaired) electrons. The SMILES string of the molecule is Cc1ccc(NC(=O)c2ccc3c(c2)C(=O)N(c2ccc(F)cc2)C3=O)c(O)c1. The summed E-state index contributed by atoms with van der Waals surface area (Å²) in [5, 5.41) is 12.5. The molecule has 0 bridgehead atoms. The Balaban J connectivity index is 1.63. The van der Waals surface area contributed by atoms with Crippen molar-refractivity contribution in [2.24, 2.45) is 0 Å². The van der Waals surface area contributed by atoms with Gasteiger partial charge in [-0.1, -0.05) is 6.07 Å². The van der Waals surface area contributed by atoms with E-state index in [0.717, 1.165) is 22.6 Å². The fourth-order valence-electron chi connectivity index (χ4n) is 3.15. The number of amides is 3. The molecule has 7 heteroatoms. The zero-order valence-corrected chi connectivity index (χ0v) is 15.3. The minimum absolute atomic E-state index is 0.0757. The molecule has 0 fully saturated rings. The Morgan fingerprint density at radius 1 is 0.931 bits per heavy atom. The van der Waals surface area contributed by atoms with E-state index in [1.165, 1.54) is 36.4 Å². The van der Waals surface area contributed by atoms with Crippen LogP contribution in [0.15, 0.2) is 60.7 Å². The maximum atomic E-state index is 13.2. The zero-order chi connectivity index (χ0) is 20.7. The minimum atomic E-state index is -0.593. The fraction of sp³-hybridized carbons (Fsp3) is 0.0455. The highest BCUT2D eigenvalue weighted by atomic mass is 19.1. The van der Waals surface area contributed by atoms with Gasteiger partial charge in [0.15, 0.2) is 0 Å². The molecule has 3 aromatic carbocycles. The van der Waals surface area contributed by atoms with E-state index >= 15 is 0 Å². The first kappa shape index (κ1) is 18.4. The molecule has 144 valence electrons. The lowest BCUT2D eigenvalue weighted by Crippen LogP contribution is -2.29. The van der Waals surface area contributed by atoms with Crippen molar-refractivity contribution >= 4 is 29.1 Å². The van der Waals surface area contributed by atoms with E-state index in [4.69, 9.17) is 0 Å². The highest BCUT2D eigenvalue weighted by Crippen LogP contribution is 2.30. The Morgan fingerprint density at radius 2 is 1.62 bits per heavy atom. The van der Waals surface area contributed by atoms with Crippen molar-refractivity contribution in [3.05, 3.63) is 88.7 Å². The van der Waals surface area contributed by atoms with Crippen molar-refractivity contribution in [3.63, 3.8) is 0 Å². The molecule has 0 unspecified atom stereocenters. The third-order valence-electron chi connectivity index (χ3n) is 4.64. The number of fused-ring (bicyclic) bond motifs is 1. The van der Waals surface area contributed by atoms with Crippen LogP contribution in [0.5, 0.6) is 5.75 Å². The van der Waals surface area contributed by atoms with E-state index < -0.39 is 23.5 Å². The molecule has 0 spiro atoms. The molecule has 0 saturated carbocycles. The number of imide groups is 1. The van der Waals surface area contributed by atoms with Crippen LogP contribution in [0.4, 0.5) is 15.8 Å². The summed E-state index contributed by atoms with van der Waals surface area (Å²) >= 11 is 0. The summed E-state index contributed by atoms with van der Waals surface area (Å²) in [5.74, 6) is -2.23. The van der Waals surface area contributed by atoms with E-state index in [1.807, 2.05) is 0 Å². The van der Waals surface area contributed by atoms with E-state index in [0.29, 0.717) is 0 Å². The number of phenols is 1. The number of carbonyl (C=O) groups is 3. The Bertz CT molecular complexity index is 1170. The van der Waals surface area contributed by atoms with Crippen LogP contribution in [-0.2, 0) is 0 Å². The number of nitrogens with one attached hydrogen (secondary N) is 1. The van der Waals surface area contributed by atoms with Crippen LogP contribution in [0.1, 0.15) is 36.6 Å². The summed E-state index contributed by atoms with van der Waals surface area (Å²) in [5.41, 5.74) is 1.72. The van der Waals surface area contributed by atoms with Crippen molar-refractivity contribution in [1.29, 1.82) is 0 Å². The number of aromatic hydroxyl groups is 1. The molecule has 0 saturated heterocycles. The average Bonchev–Trinajstić information content (AvgIpc) is 2.95. The van der Waals surface area contributed by atoms with Crippen LogP contribution < -0.4 is 10.2 Å². The van der Waals surface area contributed by atoms with Gasteiger partial charge in [0.25, 0.3) is 17.7 Å². The Kier molecular flexibility index (Phi) is 4.35. The first-order valence-electron chi connectivity index (χ1n) is 8.74. The maximum absolute atomic E-state index is 13.2. The number of phenolic OH excluding ortho intramolecular Hbond substituents is 1. The summed E-state index contributed by atoms with van der Waals surface area (Å²) in [6.45, 7) is 1.81. The number of rotatable bonds is 3. The molecule has 0 atom stereocenters. The quantitative estimate of drug-likeness (QED) is 0.525. The van der Waals surface area contributed by atoms with Crippen LogP contribution in [0, 0.1) is 12.7 Å². The van der Waals surface area contributed by atoms with E-state index in [-0.39, 0.29) is 33.8 Å². The predicted molar refractivity (Wildman–Crippen MR) is 105 cm³/mol. The molecule has 1 heterocycles. The topological polar surface area (TPSA) is 86.7 Å². The highest BCUT2D eigenvalue weighted by Gasteiger charge is 2.37. The third-order valence-corrected chi connectivity index (χ3v) is 4.64. The Hall–Kier alpha value is -4.00. The second-order valence-corrected chi connectivity index (χ2v) is 6.66. The van der Waals surface area contributed by atoms with Gasteiger partial charge < -0.3 is 10.4 Å². The number of hydrogen-bond donors (Lipinski definition) is 2. The van der Waals surface area contributed by atoms with Crippen LogP contribution in [0.2, 0.25) is 0 Å². The van der Waals surface area contributed by atoms with Gasteiger partial charge in [0, 0.05) is 5.56 Å². The normalized spacial score (nSPS) is 12.8. The first-order valence-corrected chi connectivity index (χ1v) is 8.74. The molecule has 1 aliphatic heterocycles. The van der Waals surface area contributed by atoms with Crippen molar-refractivity contribution in [2.45, 2.75) is 6.92 Å². The van der Waals surface area contributed by atoms with E-state index in [9.17, 15) is 23.9 Å². The van der Waals surface area contributed by atoms with Gasteiger partial charge >= 0.3 is 0 Å². The van der Waals surface area contributed by atoms with Crippen molar-refractivity contribution in [2.75, 3.05) is 10.2 Å². The largest absolute Gasteiger partial charge is 0.506 e. The van der Waals surface area contributed by atoms with E-state index in [1.54, 1.807) is 19.1 Å². The lowest BCUT2D eigenvalue weighted by atomic mass is 10.1. The van der Waals surface area contributed by atoms with Crippen molar-refractivity contribution in [1.82, 2.24) is 0 Å². The van der Waals surface area contributed by atoms with E-state index in [2.05, 4.69) is 5.32 Å². The standard InChI is InChI=1S/C22H15FN2O4/c1-12-2-9-18(19(26)10-12)24-20(27)13-3-8-16-17(11-13)22(29)25(21(16)28)15-6-4-14(23)5-7-15/h2-11,26H,1H3,(H,24,27). The first-order chi connectivity index (χ1) is 13.8. The van der Waals surface area contributed by atoms with Gasteiger partial charge in [0.1, 0.15) is 11.6 Å². The molecular weight excluding hydrogens is 375 g/mol. The number of hydrogen-bond acceptors (Lipinski definition) is 4. The molecule has 1 aliphatic rings. The molecule has 4 rings (SSSR count). The molecular formula is C22H15FN2O4. The smallest absolute Gasteiger partial charge is 0.266 e. The van der Waals surface area contributed by atoms with Gasteiger partial charge in [0.2, 0.25) is 0 Å². The number of halogens is 1. The van der Waals surface area contributed by atoms with Crippen molar-refractivity contribution in [3.8, 4) is 5.75 Å². The number of benzene rings is 3. The van der Waals surface area contributed by atoms with Gasteiger partial charge in [-0.05, 0) is 67.1 Å². The summed E-state index contributed by atoms with van der Waals surface area (Å²) in [4.78, 5) is 38.9. The van der Waals surface area contributed by atoms with Crippen LogP contribution in [-0.4, -0.2) is 22.8 Å². The number of carbonyl (C=O) groups excluding carboxylic acids is 3. The van der Waals surface area contributed by atoms with Gasteiger partial charge in [-0.3, -0.25) is 14.4 Å². The number of aryl methyl sites for hydroxylation is 1. The van der Waals surface area contributed by atoms with Crippen LogP contribution in [0.3, 0.4) is 0 Å². The summed E-state index contributed by atoms with van der Waals surface area (Å²) in [7, 11) is 0. The summed E-state index contributed by atoms with van der Waals surface area (Å²) in [6, 6.07) is 14.0. The van der Waals surface area contributed by atoms with Crippen LogP contribution >= 0.6 is 0 Å². The lowest BCUT2D eigenvalue weighted by Gasteiger charge is -2.13. The molecule has 6 nitrogen and oxygen atoms in total. The lowest BCUT2D eigenvalue weighted by molar-refractivity contribution is 0.0925. The van der Waals surface area contributed by atoms with Gasteiger partial charge in [0.05, 0.1) is 22.5 Å². The maximum Gasteiger partial charge on any atom is 0.266 e. The van der Waals surface area contributed by atoms with Gasteiger partial charge in [-0.2, -0.15) is 0 Å². The number of nitrogens with zero attached hydrogens (tertiary/aromatic N) is 1. The molecule has 29 heavy (non-hydrogen) atoms. The molecule has 3 aromatic rings. The molecule has 0 aliphatic carbocycles. The van der Waals surface area contributed by atoms with Crippen molar-refractivity contribution < 1.29 is 23.9 Å². The predicted octanol–water partition coefficient (Wildman–Crippen LogP) is 3.89. The zero-order valence-electron chi connectivity index (χ0n) is 15.3. The van der Waals surface area contributed by atoms with Crippen LogP contribution in [0.25, 0.3) is 0 Å². The average molecular weight is 390 g/mol. The van der Waals surface area contributed by atoms with Gasteiger partial charge in [-0.25, -0.2) is 9.29 Å². The molecule has 0 aromatic heterocycles. The fourth-order valence-corrected chi connectivity index (χ4v) is 3.15. The monoisotopic (exact) mass is 390 g/mol. The molecule has 3 amide bonds. The molecule has 2 N–H and O–H groups in total. The second kappa shape index (κ2) is 6.87. The number of anilines is 2. The Labute approximate surface area is 165 Å². The Morgan fingerprint density at radius 3 is 2.31 bits per heavy atom. The minimum Gasteiger partial charge on any atom is -0.506 e. The van der Waals surface area contributed by atoms with Gasteiger partial charge in [-0.15, -0.1) is 0 Å². The summed E-state index contributed by atoms with van der Waals surface area (Å²) in [6.07, 6.45) is 0. The highest BCUT2D eigenvalue weighted by molar-refractivity contribution is 6.34.